The molecule has 2 aliphatic heterocycles. The molecule has 2 saturated heterocycles. The lowest BCUT2D eigenvalue weighted by atomic mass is 9.98. The number of ether oxygens (including phenoxy) is 1. The van der Waals surface area contributed by atoms with Crippen molar-refractivity contribution in [1.82, 2.24) is 19.7 Å². The van der Waals surface area contributed by atoms with E-state index in [2.05, 4.69) is 19.7 Å². The van der Waals surface area contributed by atoms with Crippen molar-refractivity contribution in [3.63, 3.8) is 0 Å². The Hall–Kier alpha value is -2.60. The van der Waals surface area contributed by atoms with Crippen molar-refractivity contribution in [2.75, 3.05) is 72.1 Å². The molecule has 212 valence electrons. The minimum atomic E-state index is -4.90. The third-order valence-electron chi connectivity index (χ3n) is 7.67. The molecule has 0 amide bonds. The Morgan fingerprint density at radius 1 is 0.692 bits per heavy atom. The summed E-state index contributed by atoms with van der Waals surface area (Å²) in [6.07, 6.45) is -9.29. The highest BCUT2D eigenvalue weighted by Crippen LogP contribution is 2.40. The van der Waals surface area contributed by atoms with Crippen molar-refractivity contribution in [2.45, 2.75) is 18.8 Å². The molecule has 2 aromatic carbocycles. The van der Waals surface area contributed by atoms with Crippen LogP contribution in [0.25, 0.3) is 22.2 Å². The zero-order valence-electron chi connectivity index (χ0n) is 21.5. The number of piperazine rings is 1. The molecule has 0 radical (unpaired) electrons. The van der Waals surface area contributed by atoms with E-state index in [0.29, 0.717) is 24.2 Å². The molecule has 39 heavy (non-hydrogen) atoms. The molecule has 0 spiro atoms. The molecular formula is C28H32F6N4O. The predicted molar refractivity (Wildman–Crippen MR) is 138 cm³/mol. The summed E-state index contributed by atoms with van der Waals surface area (Å²) in [6.45, 7) is 9.73. The fraction of sp³-hybridized carbons (Fsp3) is 0.500. The summed E-state index contributed by atoms with van der Waals surface area (Å²) in [4.78, 5) is 10.3. The fourth-order valence-corrected chi connectivity index (χ4v) is 5.42. The zero-order chi connectivity index (χ0) is 27.6. The van der Waals surface area contributed by atoms with Crippen molar-refractivity contribution in [1.29, 1.82) is 0 Å². The highest BCUT2D eigenvalue weighted by atomic mass is 19.4. The van der Waals surface area contributed by atoms with Crippen molar-refractivity contribution in [2.24, 2.45) is 0 Å². The summed E-state index contributed by atoms with van der Waals surface area (Å²) in [5, 5.41) is 0.808. The van der Waals surface area contributed by atoms with Crippen LogP contribution in [0.3, 0.4) is 0 Å². The van der Waals surface area contributed by atoms with Crippen molar-refractivity contribution < 1.29 is 31.1 Å². The number of nitrogens with zero attached hydrogens (tertiary/aromatic N) is 3. The molecule has 11 heteroatoms. The number of H-pyrrole nitrogens is 1. The topological polar surface area (TPSA) is 34.7 Å². The molecule has 2 fully saturated rings. The van der Waals surface area contributed by atoms with Gasteiger partial charge in [0, 0.05) is 75.5 Å². The first-order valence-corrected chi connectivity index (χ1v) is 13.2. The number of halogens is 6. The lowest BCUT2D eigenvalue weighted by Gasteiger charge is -2.36. The monoisotopic (exact) mass is 554 g/mol. The number of alkyl halides is 6. The van der Waals surface area contributed by atoms with Crippen LogP contribution in [0.4, 0.5) is 26.3 Å². The van der Waals surface area contributed by atoms with Crippen LogP contribution < -0.4 is 0 Å². The molecular weight excluding hydrogens is 522 g/mol. The van der Waals surface area contributed by atoms with Gasteiger partial charge in [0.15, 0.2) is 0 Å². The van der Waals surface area contributed by atoms with Gasteiger partial charge in [-0.1, -0.05) is 18.2 Å². The number of fused-ring (bicyclic) bond motifs is 1. The largest absolute Gasteiger partial charge is 0.416 e. The van der Waals surface area contributed by atoms with Gasteiger partial charge in [-0.05, 0) is 41.8 Å². The average Bonchev–Trinajstić information content (AvgIpc) is 3.29. The van der Waals surface area contributed by atoms with E-state index in [1.807, 2.05) is 12.1 Å². The molecule has 1 N–H and O–H groups in total. The summed E-state index contributed by atoms with van der Waals surface area (Å²) in [5.74, 6) is 0. The van der Waals surface area contributed by atoms with Crippen LogP contribution in [0.15, 0.2) is 42.5 Å². The van der Waals surface area contributed by atoms with Crippen LogP contribution in [0.2, 0.25) is 0 Å². The fourth-order valence-electron chi connectivity index (χ4n) is 5.42. The Morgan fingerprint density at radius 2 is 1.23 bits per heavy atom. The normalized spacial score (nSPS) is 18.7. The quantitative estimate of drug-likeness (QED) is 0.399. The number of aromatic amines is 1. The average molecular weight is 555 g/mol. The van der Waals surface area contributed by atoms with Gasteiger partial charge in [-0.2, -0.15) is 26.3 Å². The molecule has 0 atom stereocenters. The van der Waals surface area contributed by atoms with Gasteiger partial charge in [-0.3, -0.25) is 9.80 Å². The van der Waals surface area contributed by atoms with Crippen LogP contribution in [0.1, 0.15) is 16.7 Å². The van der Waals surface area contributed by atoms with E-state index in [4.69, 9.17) is 4.74 Å². The van der Waals surface area contributed by atoms with Crippen LogP contribution in [-0.4, -0.2) is 91.8 Å². The lowest BCUT2D eigenvalue weighted by molar-refractivity contribution is -0.143. The third kappa shape index (κ3) is 6.77. The molecule has 3 aromatic rings. The van der Waals surface area contributed by atoms with Crippen LogP contribution in [0, 0.1) is 0 Å². The van der Waals surface area contributed by atoms with Crippen LogP contribution >= 0.6 is 0 Å². The molecule has 2 aliphatic rings. The maximum Gasteiger partial charge on any atom is 0.416 e. The van der Waals surface area contributed by atoms with Crippen LogP contribution in [-0.2, 0) is 23.5 Å². The smallest absolute Gasteiger partial charge is 0.379 e. The van der Waals surface area contributed by atoms with Gasteiger partial charge in [-0.25, -0.2) is 0 Å². The maximum atomic E-state index is 13.5. The number of morpholine rings is 1. The Bertz CT molecular complexity index is 1220. The summed E-state index contributed by atoms with van der Waals surface area (Å²) >= 11 is 0. The zero-order valence-corrected chi connectivity index (χ0v) is 21.5. The van der Waals surface area contributed by atoms with E-state index in [1.54, 1.807) is 12.1 Å². The summed E-state index contributed by atoms with van der Waals surface area (Å²) in [6, 6.07) is 9.03. The number of benzene rings is 2. The molecule has 5 nitrogen and oxygen atoms in total. The molecule has 3 heterocycles. The second-order valence-corrected chi connectivity index (χ2v) is 10.2. The SMILES string of the molecule is FC(F)(F)c1cc(-c2[nH]c3ccccc3c2CCN2CCN(CCN3CCOCC3)CC2)cc(C(F)(F)F)c1. The lowest BCUT2D eigenvalue weighted by Crippen LogP contribution is -2.49. The summed E-state index contributed by atoms with van der Waals surface area (Å²) in [5.41, 5.74) is -1.03. The Balaban J connectivity index is 1.32. The third-order valence-corrected chi connectivity index (χ3v) is 7.67. The molecule has 0 aliphatic carbocycles. The van der Waals surface area contributed by atoms with Crippen molar-refractivity contribution in [3.8, 4) is 11.3 Å². The van der Waals surface area contributed by atoms with E-state index < -0.39 is 23.5 Å². The summed E-state index contributed by atoms with van der Waals surface area (Å²) in [7, 11) is 0. The van der Waals surface area contributed by atoms with Crippen molar-refractivity contribution in [3.05, 3.63) is 59.2 Å². The van der Waals surface area contributed by atoms with Crippen molar-refractivity contribution >= 4 is 10.9 Å². The van der Waals surface area contributed by atoms with Gasteiger partial charge in [0.05, 0.1) is 24.3 Å². The Kier molecular flexibility index (Phi) is 8.23. The first kappa shape index (κ1) is 27.9. The molecule has 1 aromatic heterocycles. The highest BCUT2D eigenvalue weighted by Gasteiger charge is 2.37. The molecule has 5 rings (SSSR count). The maximum absolute atomic E-state index is 13.5. The number of rotatable bonds is 7. The van der Waals surface area contributed by atoms with Crippen LogP contribution in [0.5, 0.6) is 0 Å². The van der Waals surface area contributed by atoms with Gasteiger partial charge in [-0.15, -0.1) is 0 Å². The number of hydrogen-bond donors (Lipinski definition) is 1. The first-order valence-electron chi connectivity index (χ1n) is 13.2. The highest BCUT2D eigenvalue weighted by molar-refractivity contribution is 5.91. The van der Waals surface area contributed by atoms with Gasteiger partial charge < -0.3 is 14.6 Å². The second kappa shape index (κ2) is 11.5. The standard InChI is InChI=1S/C28H32F6N4O/c29-27(30,31)21-17-20(18-22(19-21)28(32,33)34)26-24(23-3-1-2-4-25(23)35-26)5-6-36-7-9-37(10-8-36)11-12-38-13-15-39-16-14-38/h1-4,17-19,35H,5-16H2. The van der Waals surface area contributed by atoms with E-state index in [-0.39, 0.29) is 11.6 Å². The van der Waals surface area contributed by atoms with E-state index in [0.717, 1.165) is 88.7 Å². The number of nitrogens with one attached hydrogen (secondary N) is 1. The first-order chi connectivity index (χ1) is 18.6. The van der Waals surface area contributed by atoms with Gasteiger partial charge in [0.25, 0.3) is 0 Å². The number of hydrogen-bond acceptors (Lipinski definition) is 4. The number of aromatic nitrogens is 1. The van der Waals surface area contributed by atoms with E-state index in [9.17, 15) is 26.3 Å². The number of para-hydroxylation sites is 1. The van der Waals surface area contributed by atoms with E-state index >= 15 is 0 Å². The molecule has 0 bridgehead atoms. The van der Waals surface area contributed by atoms with Gasteiger partial charge in [0.1, 0.15) is 0 Å². The minimum absolute atomic E-state index is 0.115. The van der Waals surface area contributed by atoms with Gasteiger partial charge >= 0.3 is 12.4 Å². The predicted octanol–water partition coefficient (Wildman–Crippen LogP) is 5.36. The Morgan fingerprint density at radius 3 is 1.82 bits per heavy atom. The second-order valence-electron chi connectivity index (χ2n) is 10.2. The summed E-state index contributed by atoms with van der Waals surface area (Å²) < 4.78 is 86.7. The van der Waals surface area contributed by atoms with E-state index in [1.165, 1.54) is 0 Å². The van der Waals surface area contributed by atoms with Gasteiger partial charge in [0.2, 0.25) is 0 Å². The molecule has 0 unspecified atom stereocenters. The Labute approximate surface area is 223 Å². The minimum Gasteiger partial charge on any atom is -0.379 e. The molecule has 0 saturated carbocycles.